The van der Waals surface area contributed by atoms with Crippen LogP contribution in [0.1, 0.15) is 16.7 Å². The summed E-state index contributed by atoms with van der Waals surface area (Å²) in [5.74, 6) is 0.174. The molecule has 1 aliphatic rings. The highest BCUT2D eigenvalue weighted by atomic mass is 16.1. The van der Waals surface area contributed by atoms with Crippen LogP contribution in [-0.4, -0.2) is 18.0 Å². The first-order valence-electron chi connectivity index (χ1n) is 6.04. The molecular formula is C16H13NO. The van der Waals surface area contributed by atoms with Gasteiger partial charge < -0.3 is 0 Å². The van der Waals surface area contributed by atoms with Crippen LogP contribution in [0.25, 0.3) is 0 Å². The van der Waals surface area contributed by atoms with Crippen LogP contribution in [0, 0.1) is 0 Å². The summed E-state index contributed by atoms with van der Waals surface area (Å²) < 4.78 is 0. The molecule has 2 aromatic rings. The molecule has 0 radical (unpaired) electrons. The minimum atomic E-state index is 0.174. The van der Waals surface area contributed by atoms with Gasteiger partial charge in [-0.05, 0) is 5.56 Å². The Morgan fingerprint density at radius 3 is 2.44 bits per heavy atom. The average Bonchev–Trinajstić information content (AvgIpc) is 2.58. The highest BCUT2D eigenvalue weighted by Crippen LogP contribution is 2.19. The van der Waals surface area contributed by atoms with E-state index in [0.717, 1.165) is 22.4 Å². The molecule has 0 aromatic heterocycles. The number of rotatable bonds is 1. The van der Waals surface area contributed by atoms with Crippen LogP contribution in [-0.2, 0) is 11.2 Å². The molecule has 1 aliphatic heterocycles. The van der Waals surface area contributed by atoms with Gasteiger partial charge in [0.15, 0.2) is 5.78 Å². The minimum Gasteiger partial charge on any atom is -0.297 e. The Balaban J connectivity index is 2.17. The number of ketones is 1. The molecule has 1 heterocycles. The van der Waals surface area contributed by atoms with Gasteiger partial charge in [-0.3, -0.25) is 9.79 Å². The summed E-state index contributed by atoms with van der Waals surface area (Å²) in [5, 5.41) is 0. The number of carbonyl (C=O) groups excluding carboxylic acids is 1. The maximum Gasteiger partial charge on any atom is 0.158 e. The molecule has 0 aliphatic carbocycles. The Morgan fingerprint density at radius 1 is 0.889 bits per heavy atom. The Morgan fingerprint density at radius 2 is 1.61 bits per heavy atom. The van der Waals surface area contributed by atoms with E-state index in [4.69, 9.17) is 0 Å². The van der Waals surface area contributed by atoms with Crippen molar-refractivity contribution in [1.82, 2.24) is 0 Å². The maximum atomic E-state index is 11.7. The topological polar surface area (TPSA) is 29.4 Å². The second kappa shape index (κ2) is 4.57. The number of Topliss-reactive ketones (excluding diaryl/α,β-unsaturated/α-hetero) is 1. The first-order valence-corrected chi connectivity index (χ1v) is 6.04. The Labute approximate surface area is 106 Å². The van der Waals surface area contributed by atoms with Crippen LogP contribution in [0.4, 0.5) is 0 Å². The molecule has 3 rings (SSSR count). The molecule has 88 valence electrons. The Kier molecular flexibility index (Phi) is 2.77. The zero-order valence-corrected chi connectivity index (χ0v) is 9.97. The number of nitrogens with zero attached hydrogens (tertiary/aromatic N) is 1. The minimum absolute atomic E-state index is 0.174. The van der Waals surface area contributed by atoms with Crippen molar-refractivity contribution in [2.45, 2.75) is 6.42 Å². The Hall–Kier alpha value is -2.22. The summed E-state index contributed by atoms with van der Waals surface area (Å²) in [7, 11) is 0. The molecule has 0 fully saturated rings. The monoisotopic (exact) mass is 235 g/mol. The molecule has 0 amide bonds. The molecule has 0 bridgehead atoms. The van der Waals surface area contributed by atoms with Crippen molar-refractivity contribution in [1.29, 1.82) is 0 Å². The fourth-order valence-electron chi connectivity index (χ4n) is 2.27. The number of benzene rings is 2. The largest absolute Gasteiger partial charge is 0.297 e. The second-order valence-corrected chi connectivity index (χ2v) is 4.40. The summed E-state index contributed by atoms with van der Waals surface area (Å²) in [4.78, 5) is 16.2. The first-order chi connectivity index (χ1) is 8.84. The van der Waals surface area contributed by atoms with E-state index in [1.54, 1.807) is 0 Å². The van der Waals surface area contributed by atoms with Crippen LogP contribution in [0.3, 0.4) is 0 Å². The maximum absolute atomic E-state index is 11.7. The summed E-state index contributed by atoms with van der Waals surface area (Å²) in [5.41, 5.74) is 4.15. The van der Waals surface area contributed by atoms with E-state index in [1.807, 2.05) is 54.6 Å². The molecule has 2 heteroatoms. The SMILES string of the molecule is O=C1CN=C(c2ccccc2)c2ccccc2C1. The van der Waals surface area contributed by atoms with Crippen LogP contribution < -0.4 is 0 Å². The van der Waals surface area contributed by atoms with Gasteiger partial charge >= 0.3 is 0 Å². The lowest BCUT2D eigenvalue weighted by molar-refractivity contribution is -0.117. The standard InChI is InChI=1S/C16H13NO/c18-14-10-13-8-4-5-9-15(13)16(17-11-14)12-6-2-1-3-7-12/h1-9H,10-11H2. The number of hydrogen-bond donors (Lipinski definition) is 0. The first kappa shape index (κ1) is 10.9. The van der Waals surface area contributed by atoms with E-state index in [9.17, 15) is 4.79 Å². The van der Waals surface area contributed by atoms with Crippen molar-refractivity contribution in [3.63, 3.8) is 0 Å². The van der Waals surface area contributed by atoms with E-state index in [-0.39, 0.29) is 12.3 Å². The normalized spacial score (nSPS) is 14.7. The highest BCUT2D eigenvalue weighted by Gasteiger charge is 2.17. The van der Waals surface area contributed by atoms with Crippen LogP contribution >= 0.6 is 0 Å². The molecule has 2 aromatic carbocycles. The van der Waals surface area contributed by atoms with E-state index >= 15 is 0 Å². The van der Waals surface area contributed by atoms with Crippen molar-refractivity contribution in [3.05, 3.63) is 71.3 Å². The fourth-order valence-corrected chi connectivity index (χ4v) is 2.27. The third kappa shape index (κ3) is 1.97. The molecule has 0 unspecified atom stereocenters. The summed E-state index contributed by atoms with van der Waals surface area (Å²) in [6.45, 7) is 0.277. The van der Waals surface area contributed by atoms with Gasteiger partial charge in [-0.2, -0.15) is 0 Å². The molecule has 0 spiro atoms. The van der Waals surface area contributed by atoms with Gasteiger partial charge in [0.1, 0.15) is 0 Å². The van der Waals surface area contributed by atoms with Gasteiger partial charge in [0, 0.05) is 17.5 Å². The predicted octanol–water partition coefficient (Wildman–Crippen LogP) is 2.65. The van der Waals surface area contributed by atoms with Crippen LogP contribution in [0.5, 0.6) is 0 Å². The third-order valence-electron chi connectivity index (χ3n) is 3.12. The lowest BCUT2D eigenvalue weighted by Gasteiger charge is -2.08. The van der Waals surface area contributed by atoms with Gasteiger partial charge in [0.2, 0.25) is 0 Å². The van der Waals surface area contributed by atoms with Gasteiger partial charge in [-0.1, -0.05) is 54.6 Å². The lowest BCUT2D eigenvalue weighted by atomic mass is 9.96. The van der Waals surface area contributed by atoms with Crippen LogP contribution in [0.15, 0.2) is 59.6 Å². The Bertz CT molecular complexity index is 614. The zero-order valence-electron chi connectivity index (χ0n) is 9.97. The third-order valence-corrected chi connectivity index (χ3v) is 3.12. The van der Waals surface area contributed by atoms with Crippen molar-refractivity contribution in [3.8, 4) is 0 Å². The van der Waals surface area contributed by atoms with E-state index in [0.29, 0.717) is 6.42 Å². The van der Waals surface area contributed by atoms with Gasteiger partial charge in [0.05, 0.1) is 12.3 Å². The quantitative estimate of drug-likeness (QED) is 0.747. The van der Waals surface area contributed by atoms with Crippen molar-refractivity contribution in [2.24, 2.45) is 4.99 Å². The molecule has 0 saturated carbocycles. The molecule has 0 saturated heterocycles. The summed E-state index contributed by atoms with van der Waals surface area (Å²) in [6.07, 6.45) is 0.482. The molecule has 2 nitrogen and oxygen atoms in total. The lowest BCUT2D eigenvalue weighted by Crippen LogP contribution is -2.05. The highest BCUT2D eigenvalue weighted by molar-refractivity contribution is 6.15. The molecule has 0 N–H and O–H groups in total. The number of carbonyl (C=O) groups is 1. The fraction of sp³-hybridized carbons (Fsp3) is 0.125. The number of aliphatic imine (C=N–C) groups is 1. The molecular weight excluding hydrogens is 222 g/mol. The summed E-state index contributed by atoms with van der Waals surface area (Å²) in [6, 6.07) is 18.1. The van der Waals surface area contributed by atoms with Crippen LogP contribution in [0.2, 0.25) is 0 Å². The smallest absolute Gasteiger partial charge is 0.158 e. The summed E-state index contributed by atoms with van der Waals surface area (Å²) >= 11 is 0. The predicted molar refractivity (Wildman–Crippen MR) is 72.1 cm³/mol. The zero-order chi connectivity index (χ0) is 12.4. The van der Waals surface area contributed by atoms with Crippen molar-refractivity contribution >= 4 is 11.5 Å². The second-order valence-electron chi connectivity index (χ2n) is 4.40. The van der Waals surface area contributed by atoms with E-state index in [2.05, 4.69) is 4.99 Å². The van der Waals surface area contributed by atoms with E-state index < -0.39 is 0 Å². The van der Waals surface area contributed by atoms with Gasteiger partial charge in [0.25, 0.3) is 0 Å². The van der Waals surface area contributed by atoms with Crippen molar-refractivity contribution < 1.29 is 4.79 Å². The average molecular weight is 235 g/mol. The molecule has 0 atom stereocenters. The van der Waals surface area contributed by atoms with Gasteiger partial charge in [-0.25, -0.2) is 0 Å². The number of hydrogen-bond acceptors (Lipinski definition) is 2. The van der Waals surface area contributed by atoms with E-state index in [1.165, 1.54) is 0 Å². The number of fused-ring (bicyclic) bond motifs is 1. The van der Waals surface area contributed by atoms with Crippen molar-refractivity contribution in [2.75, 3.05) is 6.54 Å². The molecule has 18 heavy (non-hydrogen) atoms. The van der Waals surface area contributed by atoms with Gasteiger partial charge in [-0.15, -0.1) is 0 Å².